The Balaban J connectivity index is 2.26. The maximum Gasteiger partial charge on any atom is 0.262 e. The molecule has 0 fully saturated rings. The van der Waals surface area contributed by atoms with Crippen molar-refractivity contribution in [1.82, 2.24) is 14.8 Å². The summed E-state index contributed by atoms with van der Waals surface area (Å²) >= 11 is 0. The first kappa shape index (κ1) is 25.2. The summed E-state index contributed by atoms with van der Waals surface area (Å²) in [6, 6.07) is 6.84. The number of nitrogens with one attached hydrogen (secondary N) is 1. The number of likely N-dealkylation sites (N-methyl/N-ethyl adjacent to an activating group) is 1. The minimum atomic E-state index is -0.736. The zero-order valence-electron chi connectivity index (χ0n) is 19.4. The molecule has 2 rings (SSSR count). The van der Waals surface area contributed by atoms with Crippen molar-refractivity contribution in [2.75, 3.05) is 34.4 Å². The number of aromatic nitrogens is 1. The zero-order valence-corrected chi connectivity index (χ0v) is 19.4. The van der Waals surface area contributed by atoms with Gasteiger partial charge in [0, 0.05) is 30.6 Å². The molecule has 0 saturated heterocycles. The maximum atomic E-state index is 14.2. The number of hydrogen-bond acceptors (Lipinski definition) is 4. The van der Waals surface area contributed by atoms with E-state index in [0.717, 1.165) is 17.0 Å². The lowest BCUT2D eigenvalue weighted by Crippen LogP contribution is -2.36. The Hall–Kier alpha value is -3.02. The predicted octanol–water partition coefficient (Wildman–Crippen LogP) is 3.92. The normalized spacial score (nSPS) is 13.7. The van der Waals surface area contributed by atoms with Gasteiger partial charge in [-0.05, 0) is 64.7 Å². The fourth-order valence-corrected chi connectivity index (χ4v) is 3.90. The smallest absolute Gasteiger partial charge is 0.262 e. The Morgan fingerprint density at radius 3 is 2.47 bits per heavy atom. The van der Waals surface area contributed by atoms with Crippen molar-refractivity contribution in [3.63, 3.8) is 0 Å². The molecule has 0 bridgehead atoms. The van der Waals surface area contributed by atoms with Gasteiger partial charge in [-0.1, -0.05) is 6.07 Å². The van der Waals surface area contributed by atoms with Crippen molar-refractivity contribution < 1.29 is 18.3 Å². The monoisotopic (exact) mass is 444 g/mol. The number of nitrogens with zero attached hydrogens (tertiary/aromatic N) is 3. The van der Waals surface area contributed by atoms with Crippen LogP contribution in [-0.2, 0) is 9.53 Å². The number of aryl methyl sites for hydroxylation is 1. The average molecular weight is 445 g/mol. The number of benzene rings is 1. The summed E-state index contributed by atoms with van der Waals surface area (Å²) in [7, 11) is 4.97. The minimum Gasteiger partial charge on any atom is -0.383 e. The Kier molecular flexibility index (Phi) is 8.70. The fourth-order valence-electron chi connectivity index (χ4n) is 3.90. The van der Waals surface area contributed by atoms with Gasteiger partial charge < -0.3 is 19.5 Å². The Morgan fingerprint density at radius 1 is 1.31 bits per heavy atom. The second-order valence-corrected chi connectivity index (χ2v) is 8.00. The van der Waals surface area contributed by atoms with Crippen LogP contribution in [0, 0.1) is 36.8 Å². The third kappa shape index (κ3) is 5.61. The van der Waals surface area contributed by atoms with Crippen molar-refractivity contribution in [3.8, 4) is 6.07 Å². The van der Waals surface area contributed by atoms with Crippen molar-refractivity contribution in [3.05, 3.63) is 64.0 Å². The van der Waals surface area contributed by atoms with E-state index in [4.69, 9.17) is 4.74 Å². The van der Waals surface area contributed by atoms with Crippen LogP contribution in [0.25, 0.3) is 6.08 Å². The Morgan fingerprint density at radius 2 is 1.94 bits per heavy atom. The molecule has 0 spiro atoms. The lowest BCUT2D eigenvalue weighted by Gasteiger charge is -2.25. The second-order valence-electron chi connectivity index (χ2n) is 8.00. The molecule has 1 amide bonds. The number of carbonyl (C=O) groups is 1. The Bertz CT molecular complexity index is 1020. The van der Waals surface area contributed by atoms with Crippen LogP contribution >= 0.6 is 0 Å². The molecular weight excluding hydrogens is 414 g/mol. The van der Waals surface area contributed by atoms with E-state index in [-0.39, 0.29) is 23.7 Å². The third-order valence-corrected chi connectivity index (χ3v) is 5.45. The number of nitriles is 1. The van der Waals surface area contributed by atoms with Gasteiger partial charge in [-0.25, -0.2) is 8.78 Å². The highest BCUT2D eigenvalue weighted by Gasteiger charge is 2.23. The number of amides is 1. The van der Waals surface area contributed by atoms with Gasteiger partial charge in [-0.2, -0.15) is 5.26 Å². The third-order valence-electron chi connectivity index (χ3n) is 5.45. The highest BCUT2D eigenvalue weighted by molar-refractivity contribution is 6.01. The number of halogens is 2. The van der Waals surface area contributed by atoms with Gasteiger partial charge in [0.25, 0.3) is 5.91 Å². The standard InChI is InChI=1S/C24H30F2N4O2/c1-15-10-18(17(3)30(15)16(2)14-32-6)11-19(12-27)24(31)28-13-22(29(4)5)23-20(25)8-7-9-21(23)26/h7-11,16,22H,13-14H2,1-6H3,(H,28,31). The number of methoxy groups -OCH3 is 1. The molecule has 1 N–H and O–H groups in total. The summed E-state index contributed by atoms with van der Waals surface area (Å²) in [5.41, 5.74) is 2.43. The van der Waals surface area contributed by atoms with E-state index in [0.29, 0.717) is 6.61 Å². The Labute approximate surface area is 188 Å². The van der Waals surface area contributed by atoms with E-state index in [1.165, 1.54) is 24.3 Å². The first-order chi connectivity index (χ1) is 15.1. The van der Waals surface area contributed by atoms with Crippen LogP contribution < -0.4 is 5.32 Å². The van der Waals surface area contributed by atoms with Crippen molar-refractivity contribution >= 4 is 12.0 Å². The van der Waals surface area contributed by atoms with Crippen LogP contribution in [0.3, 0.4) is 0 Å². The number of hydrogen-bond donors (Lipinski definition) is 1. The number of carbonyl (C=O) groups excluding carboxylic acids is 1. The van der Waals surface area contributed by atoms with Crippen LogP contribution in [-0.4, -0.2) is 49.7 Å². The molecule has 1 heterocycles. The van der Waals surface area contributed by atoms with Gasteiger partial charge in [0.1, 0.15) is 23.3 Å². The molecule has 0 aliphatic rings. The van der Waals surface area contributed by atoms with Crippen LogP contribution in [0.15, 0.2) is 29.8 Å². The van der Waals surface area contributed by atoms with E-state index in [1.807, 2.05) is 32.9 Å². The lowest BCUT2D eigenvalue weighted by molar-refractivity contribution is -0.117. The summed E-state index contributed by atoms with van der Waals surface area (Å²) < 4.78 is 35.8. The molecule has 2 unspecified atom stereocenters. The maximum absolute atomic E-state index is 14.2. The van der Waals surface area contributed by atoms with Crippen molar-refractivity contribution in [2.24, 2.45) is 0 Å². The molecule has 0 aliphatic carbocycles. The highest BCUT2D eigenvalue weighted by atomic mass is 19.1. The second kappa shape index (κ2) is 11.0. The SMILES string of the molecule is COCC(C)n1c(C)cc(C=C(C#N)C(=O)NCC(c2c(F)cccc2F)N(C)C)c1C. The summed E-state index contributed by atoms with van der Waals surface area (Å²) in [5, 5.41) is 12.2. The van der Waals surface area contributed by atoms with Crippen molar-refractivity contribution in [1.29, 1.82) is 5.26 Å². The fraction of sp³-hybridized carbons (Fsp3) is 0.417. The summed E-state index contributed by atoms with van der Waals surface area (Å²) in [6.07, 6.45) is 1.53. The number of rotatable bonds is 9. The van der Waals surface area contributed by atoms with Crippen LogP contribution in [0.2, 0.25) is 0 Å². The molecule has 2 aromatic rings. The zero-order chi connectivity index (χ0) is 24.0. The van der Waals surface area contributed by atoms with Gasteiger partial charge in [0.05, 0.1) is 18.7 Å². The van der Waals surface area contributed by atoms with Gasteiger partial charge in [-0.3, -0.25) is 4.79 Å². The van der Waals surface area contributed by atoms with E-state index in [1.54, 1.807) is 26.1 Å². The van der Waals surface area contributed by atoms with Gasteiger partial charge in [0.15, 0.2) is 0 Å². The molecular formula is C24H30F2N4O2. The summed E-state index contributed by atoms with van der Waals surface area (Å²) in [5.74, 6) is -1.98. The molecule has 8 heteroatoms. The largest absolute Gasteiger partial charge is 0.383 e. The van der Waals surface area contributed by atoms with E-state index < -0.39 is 23.6 Å². The molecule has 0 radical (unpaired) electrons. The van der Waals surface area contributed by atoms with E-state index in [9.17, 15) is 18.8 Å². The van der Waals surface area contributed by atoms with Crippen LogP contribution in [0.1, 0.15) is 41.5 Å². The minimum absolute atomic E-state index is 0.0629. The number of ether oxygens (including phenoxy) is 1. The highest BCUT2D eigenvalue weighted by Crippen LogP contribution is 2.25. The predicted molar refractivity (Wildman–Crippen MR) is 120 cm³/mol. The van der Waals surface area contributed by atoms with Crippen LogP contribution in [0.4, 0.5) is 8.78 Å². The molecule has 32 heavy (non-hydrogen) atoms. The summed E-state index contributed by atoms with van der Waals surface area (Å²) in [4.78, 5) is 14.3. The molecule has 0 aliphatic heterocycles. The molecule has 0 saturated carbocycles. The molecule has 1 aromatic heterocycles. The molecule has 2 atom stereocenters. The van der Waals surface area contributed by atoms with Crippen LogP contribution in [0.5, 0.6) is 0 Å². The van der Waals surface area contributed by atoms with Gasteiger partial charge in [0.2, 0.25) is 0 Å². The average Bonchev–Trinajstić information content (AvgIpc) is 3.00. The topological polar surface area (TPSA) is 70.3 Å². The quantitative estimate of drug-likeness (QED) is 0.470. The van der Waals surface area contributed by atoms with Crippen molar-refractivity contribution in [2.45, 2.75) is 32.9 Å². The first-order valence-corrected chi connectivity index (χ1v) is 10.3. The summed E-state index contributed by atoms with van der Waals surface area (Å²) in [6.45, 7) is 6.36. The van der Waals surface area contributed by atoms with E-state index >= 15 is 0 Å². The van der Waals surface area contributed by atoms with Gasteiger partial charge in [-0.15, -0.1) is 0 Å². The lowest BCUT2D eigenvalue weighted by atomic mass is 10.0. The van der Waals surface area contributed by atoms with E-state index in [2.05, 4.69) is 9.88 Å². The molecule has 6 nitrogen and oxygen atoms in total. The first-order valence-electron chi connectivity index (χ1n) is 10.3. The molecule has 1 aromatic carbocycles. The van der Waals surface area contributed by atoms with Gasteiger partial charge >= 0.3 is 0 Å². The molecule has 172 valence electrons.